The van der Waals surface area contributed by atoms with E-state index in [2.05, 4.69) is 10.6 Å². The molecule has 21 heavy (non-hydrogen) atoms. The van der Waals surface area contributed by atoms with Gasteiger partial charge in [0.1, 0.15) is 0 Å². The quantitative estimate of drug-likeness (QED) is 0.682. The number of hydrogen-bond donors (Lipinski definition) is 2. The molecule has 0 saturated carbocycles. The van der Waals surface area contributed by atoms with Gasteiger partial charge in [-0.1, -0.05) is 12.1 Å². The third kappa shape index (κ3) is 2.57. The van der Waals surface area contributed by atoms with Crippen LogP contribution in [-0.2, 0) is 32.6 Å². The second kappa shape index (κ2) is 5.21. The first-order valence-electron chi connectivity index (χ1n) is 6.63. The number of carbonyl (C=O) groups is 2. The van der Waals surface area contributed by atoms with E-state index in [0.717, 1.165) is 15.4 Å². The van der Waals surface area contributed by atoms with E-state index in [1.807, 2.05) is 6.07 Å². The second-order valence-corrected chi connectivity index (χ2v) is 6.97. The topological polar surface area (TPSA) is 95.6 Å². The summed E-state index contributed by atoms with van der Waals surface area (Å²) in [6, 6.07) is 5.11. The molecule has 112 valence electrons. The maximum Gasteiger partial charge on any atom is 0.244 e. The number of carbonyl (C=O) groups excluding carboxylic acids is 2. The number of piperazine rings is 1. The van der Waals surface area contributed by atoms with Gasteiger partial charge >= 0.3 is 0 Å². The number of fused-ring (bicyclic) bond motifs is 1. The van der Waals surface area contributed by atoms with Crippen LogP contribution in [0.15, 0.2) is 23.1 Å². The van der Waals surface area contributed by atoms with Gasteiger partial charge in [-0.05, 0) is 30.2 Å². The summed E-state index contributed by atoms with van der Waals surface area (Å²) in [6.07, 6.45) is 0.610. The standard InChI is InChI=1S/C13H15N3O4S/c17-12-7-16(8-13(18)15-12)21(19,20)11-3-1-2-9-6-14-5-4-10(9)11/h1-3,14H,4-8H2,(H,15,17,18). The summed E-state index contributed by atoms with van der Waals surface area (Å²) in [5.74, 6) is -1.19. The van der Waals surface area contributed by atoms with Gasteiger partial charge in [-0.25, -0.2) is 8.42 Å². The number of nitrogens with one attached hydrogen (secondary N) is 2. The lowest BCUT2D eigenvalue weighted by atomic mass is 10.0. The SMILES string of the molecule is O=C1CN(S(=O)(=O)c2cccc3c2CCNC3)CC(=O)N1. The Balaban J connectivity index is 2.02. The molecule has 2 heterocycles. The Kier molecular flexibility index (Phi) is 3.52. The average Bonchev–Trinajstić information content (AvgIpc) is 2.45. The fraction of sp³-hybridized carbons (Fsp3) is 0.385. The zero-order chi connectivity index (χ0) is 15.0. The van der Waals surface area contributed by atoms with Gasteiger partial charge in [0.25, 0.3) is 0 Å². The van der Waals surface area contributed by atoms with Gasteiger partial charge in [0, 0.05) is 6.54 Å². The lowest BCUT2D eigenvalue weighted by Crippen LogP contribution is -2.53. The Bertz CT molecular complexity index is 698. The van der Waals surface area contributed by atoms with Crippen LogP contribution in [-0.4, -0.2) is 44.2 Å². The molecule has 0 aromatic heterocycles. The summed E-state index contributed by atoms with van der Waals surface area (Å²) in [4.78, 5) is 23.0. The fourth-order valence-corrected chi connectivity index (χ4v) is 4.31. The summed E-state index contributed by atoms with van der Waals surface area (Å²) in [5, 5.41) is 5.29. The van der Waals surface area contributed by atoms with Crippen LogP contribution in [0, 0.1) is 0 Å². The zero-order valence-corrected chi connectivity index (χ0v) is 12.1. The van der Waals surface area contributed by atoms with E-state index in [-0.39, 0.29) is 18.0 Å². The summed E-state index contributed by atoms with van der Waals surface area (Å²) in [5.41, 5.74) is 1.71. The van der Waals surface area contributed by atoms with Crippen molar-refractivity contribution in [1.29, 1.82) is 0 Å². The molecular formula is C13H15N3O4S. The molecule has 2 aliphatic rings. The molecule has 0 radical (unpaired) electrons. The zero-order valence-electron chi connectivity index (χ0n) is 11.3. The van der Waals surface area contributed by atoms with Crippen molar-refractivity contribution in [2.24, 2.45) is 0 Å². The molecule has 1 aromatic rings. The van der Waals surface area contributed by atoms with Crippen molar-refractivity contribution in [3.63, 3.8) is 0 Å². The van der Waals surface area contributed by atoms with Crippen LogP contribution in [0.4, 0.5) is 0 Å². The van der Waals surface area contributed by atoms with Crippen molar-refractivity contribution in [1.82, 2.24) is 14.9 Å². The van der Waals surface area contributed by atoms with Crippen LogP contribution in [0.3, 0.4) is 0 Å². The number of sulfonamides is 1. The molecule has 0 atom stereocenters. The maximum atomic E-state index is 12.7. The molecule has 0 bridgehead atoms. The van der Waals surface area contributed by atoms with Gasteiger partial charge in [-0.15, -0.1) is 0 Å². The Morgan fingerprint density at radius 3 is 2.52 bits per heavy atom. The van der Waals surface area contributed by atoms with Gasteiger partial charge in [0.05, 0.1) is 18.0 Å². The highest BCUT2D eigenvalue weighted by Gasteiger charge is 2.34. The molecule has 7 nitrogen and oxygen atoms in total. The largest absolute Gasteiger partial charge is 0.312 e. The maximum absolute atomic E-state index is 12.7. The van der Waals surface area contributed by atoms with Crippen LogP contribution < -0.4 is 10.6 Å². The van der Waals surface area contributed by atoms with E-state index >= 15 is 0 Å². The molecular weight excluding hydrogens is 294 g/mol. The van der Waals surface area contributed by atoms with Gasteiger partial charge in [0.15, 0.2) is 0 Å². The second-order valence-electron chi connectivity index (χ2n) is 5.07. The summed E-state index contributed by atoms with van der Waals surface area (Å²) >= 11 is 0. The predicted octanol–water partition coefficient (Wildman–Crippen LogP) is -1.02. The molecule has 2 aliphatic heterocycles. The Morgan fingerprint density at radius 1 is 1.10 bits per heavy atom. The normalized spacial score (nSPS) is 20.0. The molecule has 2 N–H and O–H groups in total. The van der Waals surface area contributed by atoms with E-state index in [9.17, 15) is 18.0 Å². The minimum absolute atomic E-state index is 0.198. The molecule has 1 aromatic carbocycles. The minimum Gasteiger partial charge on any atom is -0.312 e. The van der Waals surface area contributed by atoms with Crippen LogP contribution in [0.5, 0.6) is 0 Å². The van der Waals surface area contributed by atoms with Crippen molar-refractivity contribution < 1.29 is 18.0 Å². The third-order valence-corrected chi connectivity index (χ3v) is 5.51. The Labute approximate surface area is 122 Å². The summed E-state index contributed by atoms with van der Waals surface area (Å²) < 4.78 is 26.4. The Hall–Kier alpha value is -1.77. The number of nitrogens with zero attached hydrogens (tertiary/aromatic N) is 1. The van der Waals surface area contributed by atoms with Crippen molar-refractivity contribution in [2.45, 2.75) is 17.9 Å². The van der Waals surface area contributed by atoms with Crippen LogP contribution in [0.25, 0.3) is 0 Å². The highest BCUT2D eigenvalue weighted by atomic mass is 32.2. The average molecular weight is 309 g/mol. The predicted molar refractivity (Wildman–Crippen MR) is 73.8 cm³/mol. The van der Waals surface area contributed by atoms with Gasteiger partial charge < -0.3 is 5.32 Å². The summed E-state index contributed by atoms with van der Waals surface area (Å²) in [6.45, 7) is 0.684. The smallest absolute Gasteiger partial charge is 0.244 e. The fourth-order valence-electron chi connectivity index (χ4n) is 2.66. The highest BCUT2D eigenvalue weighted by molar-refractivity contribution is 7.89. The van der Waals surface area contributed by atoms with Crippen LogP contribution >= 0.6 is 0 Å². The Morgan fingerprint density at radius 2 is 1.81 bits per heavy atom. The molecule has 1 saturated heterocycles. The van der Waals surface area contributed by atoms with Crippen LogP contribution in [0.2, 0.25) is 0 Å². The van der Waals surface area contributed by atoms with E-state index in [0.29, 0.717) is 19.5 Å². The molecule has 2 amide bonds. The van der Waals surface area contributed by atoms with E-state index in [4.69, 9.17) is 0 Å². The first kappa shape index (κ1) is 14.2. The molecule has 0 unspecified atom stereocenters. The first-order chi connectivity index (χ1) is 9.98. The number of amides is 2. The van der Waals surface area contributed by atoms with Crippen molar-refractivity contribution in [3.8, 4) is 0 Å². The third-order valence-electron chi connectivity index (χ3n) is 3.63. The lowest BCUT2D eigenvalue weighted by molar-refractivity contribution is -0.134. The first-order valence-corrected chi connectivity index (χ1v) is 8.07. The number of hydrogen-bond acceptors (Lipinski definition) is 5. The summed E-state index contributed by atoms with van der Waals surface area (Å²) in [7, 11) is -3.85. The van der Waals surface area contributed by atoms with E-state index < -0.39 is 21.8 Å². The van der Waals surface area contributed by atoms with Crippen LogP contribution in [0.1, 0.15) is 11.1 Å². The monoisotopic (exact) mass is 309 g/mol. The van der Waals surface area contributed by atoms with Gasteiger partial charge in [-0.3, -0.25) is 14.9 Å². The molecule has 8 heteroatoms. The lowest BCUT2D eigenvalue weighted by Gasteiger charge is -2.27. The van der Waals surface area contributed by atoms with E-state index in [1.54, 1.807) is 6.07 Å². The van der Waals surface area contributed by atoms with E-state index in [1.165, 1.54) is 6.07 Å². The van der Waals surface area contributed by atoms with Crippen molar-refractivity contribution in [2.75, 3.05) is 19.6 Å². The molecule has 1 fully saturated rings. The van der Waals surface area contributed by atoms with Gasteiger partial charge in [0.2, 0.25) is 21.8 Å². The van der Waals surface area contributed by atoms with Crippen molar-refractivity contribution >= 4 is 21.8 Å². The molecule has 0 aliphatic carbocycles. The number of imide groups is 1. The number of rotatable bonds is 2. The minimum atomic E-state index is -3.85. The highest BCUT2D eigenvalue weighted by Crippen LogP contribution is 2.26. The van der Waals surface area contributed by atoms with Gasteiger partial charge in [-0.2, -0.15) is 4.31 Å². The van der Waals surface area contributed by atoms with Crippen molar-refractivity contribution in [3.05, 3.63) is 29.3 Å². The molecule has 0 spiro atoms. The number of benzene rings is 1. The molecule has 3 rings (SSSR count).